The molecule has 2 aliphatic rings. The monoisotopic (exact) mass is 940 g/mol. The summed E-state index contributed by atoms with van der Waals surface area (Å²) in [5.41, 5.74) is 13.1. The minimum Gasteiger partial charge on any atom is -0.341 e. The van der Waals surface area contributed by atoms with Crippen LogP contribution in [0.25, 0.3) is 130 Å². The summed E-state index contributed by atoms with van der Waals surface area (Å²) in [4.78, 5) is 5.16. The number of hydrogen-bond donors (Lipinski definition) is 0. The van der Waals surface area contributed by atoms with E-state index in [1.807, 2.05) is 0 Å². The van der Waals surface area contributed by atoms with Crippen molar-refractivity contribution in [3.8, 4) is 22.3 Å². The largest absolute Gasteiger partial charge is 0.341 e. The Balaban J connectivity index is 1.04. The van der Waals surface area contributed by atoms with Crippen LogP contribution < -0.4 is 9.80 Å². The average molecular weight is 941 g/mol. The summed E-state index contributed by atoms with van der Waals surface area (Å²) < 4.78 is 0. The van der Waals surface area contributed by atoms with Crippen molar-refractivity contribution in [3.63, 3.8) is 0 Å². The second-order valence-electron chi connectivity index (χ2n) is 21.2. The molecule has 0 radical (unpaired) electrons. The van der Waals surface area contributed by atoms with Gasteiger partial charge in [0, 0.05) is 35.8 Å². The molecule has 0 fully saturated rings. The van der Waals surface area contributed by atoms with E-state index in [0.29, 0.717) is 0 Å². The Hall–Kier alpha value is -8.98. The first-order chi connectivity index (χ1) is 36.7. The van der Waals surface area contributed by atoms with Crippen molar-refractivity contribution in [2.45, 2.75) is 25.7 Å². The van der Waals surface area contributed by atoms with Gasteiger partial charge in [-0.05, 0) is 203 Å². The maximum Gasteiger partial charge on any atom is 0.0443 e. The van der Waals surface area contributed by atoms with Crippen LogP contribution in [0.2, 0.25) is 0 Å². The van der Waals surface area contributed by atoms with Crippen LogP contribution in [0.15, 0.2) is 218 Å². The molecule has 17 rings (SSSR count). The maximum atomic E-state index is 2.58. The van der Waals surface area contributed by atoms with E-state index >= 15 is 0 Å². The van der Waals surface area contributed by atoms with E-state index < -0.39 is 0 Å². The average Bonchev–Trinajstić information content (AvgIpc) is 3.51. The van der Waals surface area contributed by atoms with Crippen molar-refractivity contribution in [1.82, 2.24) is 0 Å². The van der Waals surface area contributed by atoms with E-state index in [9.17, 15) is 0 Å². The van der Waals surface area contributed by atoms with Crippen molar-refractivity contribution in [3.05, 3.63) is 230 Å². The molecule has 0 aliphatic carbocycles. The van der Waals surface area contributed by atoms with Gasteiger partial charge in [0.2, 0.25) is 0 Å². The molecule has 2 heterocycles. The molecular weight excluding hydrogens is 893 g/mol. The summed E-state index contributed by atoms with van der Waals surface area (Å²) in [6.45, 7) is 1.96. The molecule has 2 nitrogen and oxygen atoms in total. The molecule has 2 heteroatoms. The van der Waals surface area contributed by atoms with Crippen LogP contribution in [0.3, 0.4) is 0 Å². The zero-order valence-electron chi connectivity index (χ0n) is 40.9. The molecule has 0 unspecified atom stereocenters. The molecule has 0 spiro atoms. The van der Waals surface area contributed by atoms with Crippen LogP contribution >= 0.6 is 0 Å². The summed E-state index contributed by atoms with van der Waals surface area (Å²) in [7, 11) is 0. The van der Waals surface area contributed by atoms with Crippen molar-refractivity contribution < 1.29 is 0 Å². The van der Waals surface area contributed by atoms with Crippen LogP contribution in [0.1, 0.15) is 24.0 Å². The third kappa shape index (κ3) is 5.55. The van der Waals surface area contributed by atoms with Crippen LogP contribution in [0, 0.1) is 0 Å². The molecule has 15 aromatic carbocycles. The molecule has 346 valence electrons. The smallest absolute Gasteiger partial charge is 0.0443 e. The Kier molecular flexibility index (Phi) is 8.38. The topological polar surface area (TPSA) is 6.48 Å². The zero-order valence-corrected chi connectivity index (χ0v) is 40.9. The summed E-state index contributed by atoms with van der Waals surface area (Å²) in [5, 5.41) is 26.1. The van der Waals surface area contributed by atoms with Crippen LogP contribution in [-0.4, -0.2) is 13.1 Å². The number of nitrogens with zero attached hydrogens (tertiary/aromatic N) is 2. The van der Waals surface area contributed by atoms with Gasteiger partial charge in [-0.3, -0.25) is 0 Å². The molecule has 0 bridgehead atoms. The van der Waals surface area contributed by atoms with Gasteiger partial charge >= 0.3 is 0 Å². The molecule has 0 saturated carbocycles. The highest BCUT2D eigenvalue weighted by Gasteiger charge is 2.27. The molecule has 0 amide bonds. The number of benzene rings is 15. The highest BCUT2D eigenvalue weighted by molar-refractivity contribution is 6.38. The lowest BCUT2D eigenvalue weighted by Crippen LogP contribution is -2.24. The molecule has 0 atom stereocenters. The van der Waals surface area contributed by atoms with Crippen LogP contribution in [-0.2, 0) is 12.8 Å². The molecule has 74 heavy (non-hydrogen) atoms. The first-order valence-corrected chi connectivity index (χ1v) is 26.7. The summed E-state index contributed by atoms with van der Waals surface area (Å²) in [6.07, 6.45) is 4.44. The van der Waals surface area contributed by atoms with Gasteiger partial charge in [-0.15, -0.1) is 0 Å². The fourth-order valence-electron chi connectivity index (χ4n) is 14.5. The minimum absolute atomic E-state index is 0.980. The van der Waals surface area contributed by atoms with Crippen molar-refractivity contribution in [2.24, 2.45) is 0 Å². The van der Waals surface area contributed by atoms with E-state index in [-0.39, 0.29) is 0 Å². The lowest BCUT2D eigenvalue weighted by Gasteiger charge is -2.33. The molecule has 15 aromatic rings. The Morgan fingerprint density at radius 2 is 0.608 bits per heavy atom. The molecule has 0 saturated heterocycles. The van der Waals surface area contributed by atoms with Gasteiger partial charge in [0.1, 0.15) is 0 Å². The molecule has 2 aliphatic heterocycles. The molecular formula is C72H48N2. The van der Waals surface area contributed by atoms with Gasteiger partial charge in [0.25, 0.3) is 0 Å². The standard InChI is InChI=1S/C72H48N2/c1-3-29-65-43(13-1)19-11-39-73(65)47-31-33-61-63(41-47)71(59-37-35-57-51-23-7-17-45-15-5-21-49(67(45)51)53-25-9-27-55(59)69(53)57)62-34-32-48(74-40-12-20-44-14-2-4-30-66(44)74)42-64(62)72(61)60-38-36-58-52-24-8-18-46-16-6-22-50(68(46)52)54-26-10-28-56(60)70(54)58/h1-10,13-18,21-38,41-42H,11-12,19-20,39-40H2. The quantitative estimate of drug-likeness (QED) is 0.128. The van der Waals surface area contributed by atoms with Gasteiger partial charge < -0.3 is 9.80 Å². The molecule has 0 aromatic heterocycles. The minimum atomic E-state index is 0.980. The van der Waals surface area contributed by atoms with Gasteiger partial charge in [-0.2, -0.15) is 0 Å². The number of para-hydroxylation sites is 2. The Bertz CT molecular complexity index is 4460. The third-order valence-corrected chi connectivity index (χ3v) is 17.5. The van der Waals surface area contributed by atoms with E-state index in [1.54, 1.807) is 0 Å². The fraction of sp³-hybridized carbons (Fsp3) is 0.0833. The van der Waals surface area contributed by atoms with Gasteiger partial charge in [0.05, 0.1) is 0 Å². The van der Waals surface area contributed by atoms with Crippen molar-refractivity contribution in [1.29, 1.82) is 0 Å². The van der Waals surface area contributed by atoms with E-state index in [0.717, 1.165) is 38.8 Å². The predicted octanol–water partition coefficient (Wildman–Crippen LogP) is 19.6. The zero-order chi connectivity index (χ0) is 48.2. The van der Waals surface area contributed by atoms with Crippen LogP contribution in [0.5, 0.6) is 0 Å². The van der Waals surface area contributed by atoms with Gasteiger partial charge in [-0.25, -0.2) is 0 Å². The number of hydrogen-bond acceptors (Lipinski definition) is 2. The summed E-state index contributed by atoms with van der Waals surface area (Å²) in [5.74, 6) is 0. The highest BCUT2D eigenvalue weighted by Crippen LogP contribution is 2.53. The summed E-state index contributed by atoms with van der Waals surface area (Å²) >= 11 is 0. The van der Waals surface area contributed by atoms with Gasteiger partial charge in [0.15, 0.2) is 0 Å². The van der Waals surface area contributed by atoms with Gasteiger partial charge in [-0.1, -0.05) is 182 Å². The Morgan fingerprint density at radius 1 is 0.257 bits per heavy atom. The first kappa shape index (κ1) is 40.6. The van der Waals surface area contributed by atoms with E-state index in [4.69, 9.17) is 0 Å². The van der Waals surface area contributed by atoms with Crippen molar-refractivity contribution >= 4 is 130 Å². The Morgan fingerprint density at radius 3 is 1.04 bits per heavy atom. The summed E-state index contributed by atoms with van der Waals surface area (Å²) in [6, 6.07) is 84.2. The SMILES string of the molecule is c1ccc2c(c1)CCCN2c1ccc2c(-c3ccc4c5cccc6cccc(c7cccc3c74)c65)c3cc(N4CCCc5ccccc54)ccc3c(-c3ccc4c5cccc6cccc(c7cccc3c74)c65)c2c1. The first-order valence-electron chi connectivity index (χ1n) is 26.7. The number of anilines is 4. The maximum absolute atomic E-state index is 2.58. The third-order valence-electron chi connectivity index (χ3n) is 17.5. The number of rotatable bonds is 4. The fourth-order valence-corrected chi connectivity index (χ4v) is 14.5. The lowest BCUT2D eigenvalue weighted by molar-refractivity contribution is 0.767. The highest BCUT2D eigenvalue weighted by atomic mass is 15.1. The Labute approximate surface area is 428 Å². The van der Waals surface area contributed by atoms with Crippen LogP contribution in [0.4, 0.5) is 22.7 Å². The number of aryl methyl sites for hydroxylation is 2. The number of fused-ring (bicyclic) bond motifs is 8. The molecule has 0 N–H and O–H groups in total. The van der Waals surface area contributed by atoms with E-state index in [1.165, 1.54) is 164 Å². The second kappa shape index (κ2) is 15.3. The lowest BCUT2D eigenvalue weighted by atomic mass is 9.81. The van der Waals surface area contributed by atoms with E-state index in [2.05, 4.69) is 228 Å². The normalized spacial score (nSPS) is 14.1. The second-order valence-corrected chi connectivity index (χ2v) is 21.2. The van der Waals surface area contributed by atoms with Crippen molar-refractivity contribution in [2.75, 3.05) is 22.9 Å². The predicted molar refractivity (Wildman–Crippen MR) is 318 cm³/mol.